The van der Waals surface area contributed by atoms with Crippen molar-refractivity contribution in [3.05, 3.63) is 23.8 Å². The van der Waals surface area contributed by atoms with Gasteiger partial charge in [-0.3, -0.25) is 0 Å². The number of likely N-dealkylation sites (N-methyl/N-ethyl adjacent to an activating group) is 1. The molecule has 5 nitrogen and oxygen atoms in total. The summed E-state index contributed by atoms with van der Waals surface area (Å²) in [6, 6.07) is 5.14. The van der Waals surface area contributed by atoms with Crippen molar-refractivity contribution in [1.29, 1.82) is 0 Å². The summed E-state index contributed by atoms with van der Waals surface area (Å²) in [5.74, 6) is 0.789. The third-order valence-corrected chi connectivity index (χ3v) is 4.73. The topological polar surface area (TPSA) is 67.4 Å². The molecule has 1 aliphatic heterocycles. The first-order chi connectivity index (χ1) is 9.42. The van der Waals surface area contributed by atoms with E-state index in [9.17, 15) is 8.42 Å². The number of benzene rings is 1. The summed E-state index contributed by atoms with van der Waals surface area (Å²) in [4.78, 5) is 0.303. The molecule has 0 aliphatic carbocycles. The molecule has 0 fully saturated rings. The Morgan fingerprint density at radius 1 is 1.43 bits per heavy atom. The Morgan fingerprint density at radius 2 is 2.14 bits per heavy atom. The van der Waals surface area contributed by atoms with Crippen LogP contribution in [-0.2, 0) is 16.4 Å². The van der Waals surface area contributed by atoms with Crippen LogP contribution in [0.3, 0.4) is 0 Å². The summed E-state index contributed by atoms with van der Waals surface area (Å²) < 4.78 is 32.7. The van der Waals surface area contributed by atoms with E-state index in [1.165, 1.54) is 0 Å². The van der Waals surface area contributed by atoms with E-state index in [1.54, 1.807) is 18.2 Å². The molecule has 1 heterocycles. The van der Waals surface area contributed by atoms with Gasteiger partial charge < -0.3 is 10.1 Å². The van der Waals surface area contributed by atoms with Crippen molar-refractivity contribution < 1.29 is 13.2 Å². The molecule has 0 aromatic heterocycles. The maximum atomic E-state index is 12.2. The Balaban J connectivity index is 0.00000220. The molecule has 0 radical (unpaired) electrons. The van der Waals surface area contributed by atoms with Crippen LogP contribution in [0.2, 0.25) is 0 Å². The molecule has 1 aromatic carbocycles. The average molecular weight is 335 g/mol. The molecule has 0 bridgehead atoms. The van der Waals surface area contributed by atoms with E-state index >= 15 is 0 Å². The zero-order valence-electron chi connectivity index (χ0n) is 12.5. The summed E-state index contributed by atoms with van der Waals surface area (Å²) in [6.07, 6.45) is 0.872. The SMILES string of the molecule is CCN[C@H](C)CNS(=O)(=O)c1ccc2c(c1)CC(C)O2.Cl. The molecule has 1 unspecified atom stereocenters. The van der Waals surface area contributed by atoms with Crippen molar-refractivity contribution in [3.8, 4) is 5.75 Å². The van der Waals surface area contributed by atoms with Crippen LogP contribution in [0, 0.1) is 0 Å². The highest BCUT2D eigenvalue weighted by Gasteiger charge is 2.22. The molecule has 7 heteroatoms. The lowest BCUT2D eigenvalue weighted by atomic mass is 10.1. The second-order valence-corrected chi connectivity index (χ2v) is 6.98. The van der Waals surface area contributed by atoms with Gasteiger partial charge in [-0.2, -0.15) is 0 Å². The van der Waals surface area contributed by atoms with Gasteiger partial charge in [0.25, 0.3) is 0 Å². The molecule has 1 aliphatic rings. The fourth-order valence-electron chi connectivity index (χ4n) is 2.30. The third-order valence-electron chi connectivity index (χ3n) is 3.31. The van der Waals surface area contributed by atoms with Crippen molar-refractivity contribution in [3.63, 3.8) is 0 Å². The molecule has 2 N–H and O–H groups in total. The standard InChI is InChI=1S/C14H22N2O3S.ClH/c1-4-15-10(2)9-16-20(17,18)13-5-6-14-12(8-13)7-11(3)19-14;/h5-6,8,10-11,15-16H,4,7,9H2,1-3H3;1H/t10-,11?;/m1./s1. The highest BCUT2D eigenvalue weighted by molar-refractivity contribution is 7.89. The zero-order valence-corrected chi connectivity index (χ0v) is 14.2. The molecule has 1 aromatic rings. The largest absolute Gasteiger partial charge is 0.490 e. The Morgan fingerprint density at radius 3 is 2.81 bits per heavy atom. The lowest BCUT2D eigenvalue weighted by molar-refractivity contribution is 0.254. The van der Waals surface area contributed by atoms with Crippen LogP contribution in [0.15, 0.2) is 23.1 Å². The van der Waals surface area contributed by atoms with Crippen LogP contribution in [-0.4, -0.2) is 33.7 Å². The Labute approximate surface area is 132 Å². The molecular weight excluding hydrogens is 312 g/mol. The number of hydrogen-bond acceptors (Lipinski definition) is 4. The smallest absolute Gasteiger partial charge is 0.240 e. The lowest BCUT2D eigenvalue weighted by Gasteiger charge is -2.13. The van der Waals surface area contributed by atoms with Crippen molar-refractivity contribution in [2.24, 2.45) is 0 Å². The molecule has 2 rings (SSSR count). The predicted molar refractivity (Wildman–Crippen MR) is 85.8 cm³/mol. The van der Waals surface area contributed by atoms with E-state index in [2.05, 4.69) is 10.0 Å². The van der Waals surface area contributed by atoms with E-state index in [0.29, 0.717) is 11.4 Å². The molecule has 0 spiro atoms. The second-order valence-electron chi connectivity index (χ2n) is 5.21. The summed E-state index contributed by atoms with van der Waals surface area (Å²) in [5, 5.41) is 3.17. The average Bonchev–Trinajstić information content (AvgIpc) is 2.76. The summed E-state index contributed by atoms with van der Waals surface area (Å²) in [6.45, 7) is 7.11. The maximum Gasteiger partial charge on any atom is 0.240 e. The molecule has 0 saturated carbocycles. The van der Waals surface area contributed by atoms with Gasteiger partial charge >= 0.3 is 0 Å². The van der Waals surface area contributed by atoms with Gasteiger partial charge in [-0.25, -0.2) is 13.1 Å². The van der Waals surface area contributed by atoms with Gasteiger partial charge in [0.15, 0.2) is 0 Å². The van der Waals surface area contributed by atoms with Gasteiger partial charge in [0.2, 0.25) is 10.0 Å². The molecular formula is C14H23ClN2O3S. The highest BCUT2D eigenvalue weighted by atomic mass is 35.5. The molecule has 21 heavy (non-hydrogen) atoms. The minimum atomic E-state index is -3.46. The van der Waals surface area contributed by atoms with Crippen LogP contribution >= 0.6 is 12.4 Å². The van der Waals surface area contributed by atoms with E-state index < -0.39 is 10.0 Å². The van der Waals surface area contributed by atoms with Crippen molar-refractivity contribution in [1.82, 2.24) is 10.0 Å². The Bertz CT molecular complexity index is 578. The highest BCUT2D eigenvalue weighted by Crippen LogP contribution is 2.30. The minimum absolute atomic E-state index is 0. The maximum absolute atomic E-state index is 12.2. The summed E-state index contributed by atoms with van der Waals surface area (Å²) in [5.41, 5.74) is 0.958. The molecule has 0 amide bonds. The first-order valence-corrected chi connectivity index (χ1v) is 8.43. The van der Waals surface area contributed by atoms with Crippen LogP contribution in [0.5, 0.6) is 5.75 Å². The van der Waals surface area contributed by atoms with Crippen molar-refractivity contribution in [2.45, 2.75) is 44.2 Å². The number of halogens is 1. The number of fused-ring (bicyclic) bond motifs is 1. The number of sulfonamides is 1. The van der Waals surface area contributed by atoms with Gasteiger partial charge in [0.05, 0.1) is 4.90 Å². The van der Waals surface area contributed by atoms with Gasteiger partial charge in [0, 0.05) is 19.0 Å². The predicted octanol–water partition coefficient (Wildman–Crippen LogP) is 1.71. The Hall–Kier alpha value is -0.820. The monoisotopic (exact) mass is 334 g/mol. The van der Waals surface area contributed by atoms with Gasteiger partial charge in [0.1, 0.15) is 11.9 Å². The first kappa shape index (κ1) is 18.2. The molecule has 2 atom stereocenters. The quantitative estimate of drug-likeness (QED) is 0.831. The van der Waals surface area contributed by atoms with Gasteiger partial charge in [-0.05, 0) is 44.2 Å². The summed E-state index contributed by atoms with van der Waals surface area (Å²) in [7, 11) is -3.46. The van der Waals surface area contributed by atoms with Gasteiger partial charge in [-0.1, -0.05) is 6.92 Å². The number of hydrogen-bond donors (Lipinski definition) is 2. The second kappa shape index (κ2) is 7.45. The third kappa shape index (κ3) is 4.57. The minimum Gasteiger partial charge on any atom is -0.490 e. The first-order valence-electron chi connectivity index (χ1n) is 6.95. The molecule has 0 saturated heterocycles. The van der Waals surface area contributed by atoms with Crippen LogP contribution in [0.1, 0.15) is 26.3 Å². The number of ether oxygens (including phenoxy) is 1. The fraction of sp³-hybridized carbons (Fsp3) is 0.571. The summed E-state index contributed by atoms with van der Waals surface area (Å²) >= 11 is 0. The van der Waals surface area contributed by atoms with Crippen molar-refractivity contribution in [2.75, 3.05) is 13.1 Å². The fourth-order valence-corrected chi connectivity index (χ4v) is 3.48. The lowest BCUT2D eigenvalue weighted by Crippen LogP contribution is -2.38. The number of rotatable bonds is 6. The normalized spacial score (nSPS) is 18.5. The van der Waals surface area contributed by atoms with E-state index in [1.807, 2.05) is 20.8 Å². The molecule has 120 valence electrons. The van der Waals surface area contributed by atoms with E-state index in [0.717, 1.165) is 24.3 Å². The van der Waals surface area contributed by atoms with Crippen molar-refractivity contribution >= 4 is 22.4 Å². The van der Waals surface area contributed by atoms with E-state index in [-0.39, 0.29) is 24.6 Å². The van der Waals surface area contributed by atoms with E-state index in [4.69, 9.17) is 4.74 Å². The number of nitrogens with one attached hydrogen (secondary N) is 2. The van der Waals surface area contributed by atoms with Crippen LogP contribution in [0.25, 0.3) is 0 Å². The van der Waals surface area contributed by atoms with Crippen LogP contribution < -0.4 is 14.8 Å². The Kier molecular flexibility index (Phi) is 6.46. The van der Waals surface area contributed by atoms with Gasteiger partial charge in [-0.15, -0.1) is 12.4 Å². The zero-order chi connectivity index (χ0) is 14.8. The van der Waals surface area contributed by atoms with Crippen LogP contribution in [0.4, 0.5) is 0 Å².